The molecule has 4 N–H and O–H groups in total. The molecule has 2 aliphatic carbocycles. The van der Waals surface area contributed by atoms with E-state index in [4.69, 9.17) is 5.73 Å². The second-order valence-electron chi connectivity index (χ2n) is 6.41. The number of nitrogens with two attached hydrogens (primary N) is 1. The van der Waals surface area contributed by atoms with Gasteiger partial charge in [-0.05, 0) is 50.9 Å². The Morgan fingerprint density at radius 1 is 1.24 bits per heavy atom. The van der Waals surface area contributed by atoms with Crippen LogP contribution in [0.1, 0.15) is 58.3 Å². The fourth-order valence-electron chi connectivity index (χ4n) is 3.22. The molecule has 3 heteroatoms. The summed E-state index contributed by atoms with van der Waals surface area (Å²) in [7, 11) is 0. The van der Waals surface area contributed by atoms with Crippen molar-refractivity contribution in [2.45, 2.75) is 76.0 Å². The van der Waals surface area contributed by atoms with Crippen molar-refractivity contribution < 1.29 is 5.11 Å². The van der Waals surface area contributed by atoms with E-state index < -0.39 is 5.60 Å². The molecule has 100 valence electrons. The second-order valence-corrected chi connectivity index (χ2v) is 6.41. The van der Waals surface area contributed by atoms with Crippen LogP contribution in [0.25, 0.3) is 0 Å². The highest BCUT2D eigenvalue weighted by Gasteiger charge is 2.32. The van der Waals surface area contributed by atoms with Crippen molar-refractivity contribution >= 4 is 0 Å². The van der Waals surface area contributed by atoms with Gasteiger partial charge >= 0.3 is 0 Å². The first-order valence-corrected chi connectivity index (χ1v) is 7.29. The Balaban J connectivity index is 1.73. The van der Waals surface area contributed by atoms with E-state index in [0.29, 0.717) is 12.1 Å². The predicted octanol–water partition coefficient (Wildman–Crippen LogP) is 1.79. The quantitative estimate of drug-likeness (QED) is 0.705. The molecule has 0 heterocycles. The van der Waals surface area contributed by atoms with E-state index in [-0.39, 0.29) is 0 Å². The van der Waals surface area contributed by atoms with E-state index in [1.807, 2.05) is 0 Å². The summed E-state index contributed by atoms with van der Waals surface area (Å²) in [5.41, 5.74) is 5.53. The standard InChI is InChI=1S/C14H28N2O/c1-11-5-7-14(17,8-6-11)10-16-13-4-2-3-12(15)9-13/h11-13,16-17H,2-10,15H2,1H3. The largest absolute Gasteiger partial charge is 0.389 e. The van der Waals surface area contributed by atoms with Gasteiger partial charge in [-0.25, -0.2) is 0 Å². The van der Waals surface area contributed by atoms with E-state index in [9.17, 15) is 5.11 Å². The van der Waals surface area contributed by atoms with Crippen LogP contribution in [-0.4, -0.2) is 29.3 Å². The molecule has 2 saturated carbocycles. The Bertz CT molecular complexity index is 236. The molecular formula is C14H28N2O. The van der Waals surface area contributed by atoms with Gasteiger partial charge in [0.15, 0.2) is 0 Å². The van der Waals surface area contributed by atoms with Crippen molar-refractivity contribution in [2.24, 2.45) is 11.7 Å². The predicted molar refractivity (Wildman–Crippen MR) is 70.8 cm³/mol. The highest BCUT2D eigenvalue weighted by molar-refractivity contribution is 4.89. The van der Waals surface area contributed by atoms with Crippen molar-refractivity contribution in [1.29, 1.82) is 0 Å². The topological polar surface area (TPSA) is 58.3 Å². The Hall–Kier alpha value is -0.120. The average molecular weight is 240 g/mol. The molecule has 2 aliphatic rings. The fraction of sp³-hybridized carbons (Fsp3) is 1.00. The lowest BCUT2D eigenvalue weighted by atomic mass is 9.79. The summed E-state index contributed by atoms with van der Waals surface area (Å²) in [5.74, 6) is 0.790. The Kier molecular flexibility index (Phi) is 4.45. The SMILES string of the molecule is CC1CCC(O)(CNC2CCCC(N)C2)CC1. The van der Waals surface area contributed by atoms with Crippen LogP contribution in [0, 0.1) is 5.92 Å². The summed E-state index contributed by atoms with van der Waals surface area (Å²) in [6.45, 7) is 3.05. The molecule has 0 aromatic carbocycles. The minimum absolute atomic E-state index is 0.363. The summed E-state index contributed by atoms with van der Waals surface area (Å²) in [6, 6.07) is 0.893. The van der Waals surface area contributed by atoms with Crippen LogP contribution < -0.4 is 11.1 Å². The highest BCUT2D eigenvalue weighted by atomic mass is 16.3. The Morgan fingerprint density at radius 3 is 2.59 bits per heavy atom. The zero-order valence-corrected chi connectivity index (χ0v) is 11.1. The Labute approximate surface area is 105 Å². The number of hydrogen-bond acceptors (Lipinski definition) is 3. The minimum atomic E-state index is -0.450. The van der Waals surface area contributed by atoms with Gasteiger partial charge in [0.1, 0.15) is 0 Å². The van der Waals surface area contributed by atoms with E-state index in [2.05, 4.69) is 12.2 Å². The van der Waals surface area contributed by atoms with Crippen LogP contribution >= 0.6 is 0 Å². The third-order valence-electron chi connectivity index (χ3n) is 4.64. The molecule has 0 amide bonds. The van der Waals surface area contributed by atoms with Gasteiger partial charge in [0, 0.05) is 18.6 Å². The molecule has 3 nitrogen and oxygen atoms in total. The summed E-state index contributed by atoms with van der Waals surface area (Å²) in [4.78, 5) is 0. The number of nitrogens with one attached hydrogen (secondary N) is 1. The summed E-state index contributed by atoms with van der Waals surface area (Å²) in [5, 5.41) is 14.0. The van der Waals surface area contributed by atoms with E-state index in [1.165, 1.54) is 32.1 Å². The molecule has 2 unspecified atom stereocenters. The molecule has 0 bridgehead atoms. The second kappa shape index (κ2) is 5.68. The first kappa shape index (κ1) is 13.3. The van der Waals surface area contributed by atoms with Gasteiger partial charge in [-0.1, -0.05) is 13.3 Å². The summed E-state index contributed by atoms with van der Waals surface area (Å²) < 4.78 is 0. The fourth-order valence-corrected chi connectivity index (χ4v) is 3.22. The molecule has 0 aromatic heterocycles. The number of hydrogen-bond donors (Lipinski definition) is 3. The molecule has 0 spiro atoms. The lowest BCUT2D eigenvalue weighted by Crippen LogP contribution is -2.48. The van der Waals surface area contributed by atoms with Crippen molar-refractivity contribution in [3.8, 4) is 0 Å². The van der Waals surface area contributed by atoms with Gasteiger partial charge in [0.2, 0.25) is 0 Å². The maximum absolute atomic E-state index is 10.5. The lowest BCUT2D eigenvalue weighted by Gasteiger charge is -2.37. The van der Waals surface area contributed by atoms with E-state index in [0.717, 1.165) is 31.7 Å². The van der Waals surface area contributed by atoms with Gasteiger partial charge in [-0.15, -0.1) is 0 Å². The van der Waals surface area contributed by atoms with Crippen LogP contribution in [-0.2, 0) is 0 Å². The maximum atomic E-state index is 10.5. The van der Waals surface area contributed by atoms with Gasteiger partial charge in [-0.2, -0.15) is 0 Å². The van der Waals surface area contributed by atoms with Crippen LogP contribution in [0.2, 0.25) is 0 Å². The Morgan fingerprint density at radius 2 is 1.94 bits per heavy atom. The maximum Gasteiger partial charge on any atom is 0.0771 e. The highest BCUT2D eigenvalue weighted by Crippen LogP contribution is 2.31. The van der Waals surface area contributed by atoms with E-state index >= 15 is 0 Å². The lowest BCUT2D eigenvalue weighted by molar-refractivity contribution is -0.00918. The zero-order chi connectivity index (χ0) is 12.3. The number of rotatable bonds is 3. The molecule has 0 radical (unpaired) electrons. The van der Waals surface area contributed by atoms with Crippen LogP contribution in [0.15, 0.2) is 0 Å². The monoisotopic (exact) mass is 240 g/mol. The average Bonchev–Trinajstić information content (AvgIpc) is 2.31. The summed E-state index contributed by atoms with van der Waals surface area (Å²) in [6.07, 6.45) is 8.95. The van der Waals surface area contributed by atoms with Gasteiger partial charge < -0.3 is 16.2 Å². The molecule has 0 aromatic rings. The molecule has 2 rings (SSSR count). The molecule has 2 fully saturated rings. The van der Waals surface area contributed by atoms with Crippen molar-refractivity contribution in [1.82, 2.24) is 5.32 Å². The minimum Gasteiger partial charge on any atom is -0.389 e. The molecule has 0 saturated heterocycles. The van der Waals surface area contributed by atoms with Gasteiger partial charge in [0.05, 0.1) is 5.60 Å². The van der Waals surface area contributed by atoms with Crippen molar-refractivity contribution in [3.05, 3.63) is 0 Å². The van der Waals surface area contributed by atoms with Gasteiger partial charge in [-0.3, -0.25) is 0 Å². The van der Waals surface area contributed by atoms with Crippen molar-refractivity contribution in [3.63, 3.8) is 0 Å². The van der Waals surface area contributed by atoms with Gasteiger partial charge in [0.25, 0.3) is 0 Å². The van der Waals surface area contributed by atoms with Crippen LogP contribution in [0.4, 0.5) is 0 Å². The normalized spacial score (nSPS) is 43.6. The molecular weight excluding hydrogens is 212 g/mol. The first-order valence-electron chi connectivity index (χ1n) is 7.29. The zero-order valence-electron chi connectivity index (χ0n) is 11.1. The van der Waals surface area contributed by atoms with Crippen molar-refractivity contribution in [2.75, 3.05) is 6.54 Å². The van der Waals surface area contributed by atoms with Crippen LogP contribution in [0.3, 0.4) is 0 Å². The molecule has 0 aliphatic heterocycles. The third-order valence-corrected chi connectivity index (χ3v) is 4.64. The number of aliphatic hydroxyl groups is 1. The molecule has 2 atom stereocenters. The van der Waals surface area contributed by atoms with E-state index in [1.54, 1.807) is 0 Å². The third kappa shape index (κ3) is 3.94. The smallest absolute Gasteiger partial charge is 0.0771 e. The molecule has 17 heavy (non-hydrogen) atoms. The van der Waals surface area contributed by atoms with Crippen LogP contribution in [0.5, 0.6) is 0 Å². The summed E-state index contributed by atoms with van der Waals surface area (Å²) >= 11 is 0. The first-order chi connectivity index (χ1) is 8.07.